The van der Waals surface area contributed by atoms with Crippen molar-refractivity contribution in [2.75, 3.05) is 6.54 Å². The number of likely N-dealkylation sites (N-methyl/N-ethyl adjacent to an activating group) is 1. The fourth-order valence-electron chi connectivity index (χ4n) is 2.66. The lowest BCUT2D eigenvalue weighted by atomic mass is 10.00. The number of hydrogen-bond acceptors (Lipinski definition) is 3. The molecule has 0 bridgehead atoms. The van der Waals surface area contributed by atoms with E-state index in [0.717, 1.165) is 0 Å². The molecule has 1 aliphatic rings. The van der Waals surface area contributed by atoms with Crippen LogP contribution in [0.25, 0.3) is 0 Å². The van der Waals surface area contributed by atoms with Crippen LogP contribution in [0.1, 0.15) is 55.5 Å². The van der Waals surface area contributed by atoms with E-state index in [2.05, 4.69) is 19.2 Å². The predicted molar refractivity (Wildman–Crippen MR) is 83.4 cm³/mol. The number of piperidine rings is 1. The summed E-state index contributed by atoms with van der Waals surface area (Å²) in [6.45, 7) is 6.46. The van der Waals surface area contributed by atoms with Gasteiger partial charge in [-0.25, -0.2) is 0 Å². The molecule has 5 heteroatoms. The summed E-state index contributed by atoms with van der Waals surface area (Å²) in [5.74, 6) is -0.426. The fraction of sp³-hybridized carbons (Fsp3) is 0.471. The maximum atomic E-state index is 12.6. The first-order valence-electron chi connectivity index (χ1n) is 7.68. The largest absolute Gasteiger partial charge is 0.327 e. The molecule has 0 aliphatic carbocycles. The maximum absolute atomic E-state index is 12.6. The van der Waals surface area contributed by atoms with Gasteiger partial charge in [-0.1, -0.05) is 26.0 Å². The van der Waals surface area contributed by atoms with Gasteiger partial charge in [-0.2, -0.15) is 0 Å². The van der Waals surface area contributed by atoms with Crippen molar-refractivity contribution in [1.29, 1.82) is 0 Å². The van der Waals surface area contributed by atoms with Crippen molar-refractivity contribution in [1.82, 2.24) is 10.2 Å². The third kappa shape index (κ3) is 3.35. The number of amides is 3. The van der Waals surface area contributed by atoms with Crippen molar-refractivity contribution in [2.45, 2.75) is 45.6 Å². The first-order valence-corrected chi connectivity index (χ1v) is 7.68. The van der Waals surface area contributed by atoms with Crippen molar-refractivity contribution >= 4 is 17.7 Å². The van der Waals surface area contributed by atoms with Gasteiger partial charge in [-0.05, 0) is 37.0 Å². The van der Waals surface area contributed by atoms with Crippen LogP contribution in [0.15, 0.2) is 24.3 Å². The molecular weight excluding hydrogens is 280 g/mol. The van der Waals surface area contributed by atoms with E-state index in [0.29, 0.717) is 24.4 Å². The van der Waals surface area contributed by atoms with Crippen LogP contribution in [0.3, 0.4) is 0 Å². The Balaban J connectivity index is 2.18. The minimum absolute atomic E-state index is 0.174. The molecule has 0 spiro atoms. The molecule has 1 N–H and O–H groups in total. The second-order valence-electron chi connectivity index (χ2n) is 5.83. The molecule has 0 aromatic heterocycles. The van der Waals surface area contributed by atoms with Crippen LogP contribution in [0.2, 0.25) is 0 Å². The number of nitrogens with zero attached hydrogens (tertiary/aromatic N) is 1. The molecule has 0 radical (unpaired) electrons. The lowest BCUT2D eigenvalue weighted by Gasteiger charge is -2.32. The second-order valence-corrected chi connectivity index (χ2v) is 5.83. The fourth-order valence-corrected chi connectivity index (χ4v) is 2.66. The Bertz CT molecular complexity index is 578. The van der Waals surface area contributed by atoms with Crippen LogP contribution in [-0.4, -0.2) is 35.2 Å². The van der Waals surface area contributed by atoms with E-state index in [1.54, 1.807) is 12.1 Å². The van der Waals surface area contributed by atoms with Crippen LogP contribution in [0.5, 0.6) is 0 Å². The highest BCUT2D eigenvalue weighted by molar-refractivity contribution is 6.03. The SMILES string of the molecule is CCN(C(=O)c1ccc(C(C)C)cc1)C1CCC(=O)NC1=O. The molecule has 1 unspecified atom stereocenters. The molecule has 1 fully saturated rings. The molecule has 22 heavy (non-hydrogen) atoms. The molecule has 2 rings (SSSR count). The van der Waals surface area contributed by atoms with Gasteiger partial charge in [0, 0.05) is 18.5 Å². The minimum atomic E-state index is -0.569. The summed E-state index contributed by atoms with van der Waals surface area (Å²) in [6, 6.07) is 6.91. The number of rotatable bonds is 4. The van der Waals surface area contributed by atoms with Gasteiger partial charge < -0.3 is 4.90 Å². The molecule has 1 saturated heterocycles. The first-order chi connectivity index (χ1) is 10.4. The molecule has 1 aliphatic heterocycles. The predicted octanol–water partition coefficient (Wildman–Crippen LogP) is 2.08. The Morgan fingerprint density at radius 2 is 1.91 bits per heavy atom. The molecule has 5 nitrogen and oxygen atoms in total. The van der Waals surface area contributed by atoms with E-state index in [4.69, 9.17) is 0 Å². The second kappa shape index (κ2) is 6.73. The summed E-state index contributed by atoms with van der Waals surface area (Å²) in [7, 11) is 0. The van der Waals surface area contributed by atoms with E-state index in [9.17, 15) is 14.4 Å². The van der Waals surface area contributed by atoms with E-state index in [1.807, 2.05) is 19.1 Å². The molecule has 1 aromatic carbocycles. The van der Waals surface area contributed by atoms with Crippen LogP contribution in [-0.2, 0) is 9.59 Å². The summed E-state index contributed by atoms with van der Waals surface area (Å²) < 4.78 is 0. The standard InChI is InChI=1S/C17H22N2O3/c1-4-19(14-9-10-15(20)18-16(14)21)17(22)13-7-5-12(6-8-13)11(2)3/h5-8,11,14H,4,9-10H2,1-3H3,(H,18,20,21). The molecule has 118 valence electrons. The van der Waals surface area contributed by atoms with Gasteiger partial charge in [0.2, 0.25) is 11.8 Å². The number of hydrogen-bond donors (Lipinski definition) is 1. The van der Waals surface area contributed by atoms with E-state index in [-0.39, 0.29) is 24.1 Å². The number of carbonyl (C=O) groups is 3. The lowest BCUT2D eigenvalue weighted by Crippen LogP contribution is -2.54. The van der Waals surface area contributed by atoms with Crippen LogP contribution in [0.4, 0.5) is 0 Å². The van der Waals surface area contributed by atoms with Gasteiger partial charge in [0.05, 0.1) is 0 Å². The first kappa shape index (κ1) is 16.2. The zero-order chi connectivity index (χ0) is 16.3. The van der Waals surface area contributed by atoms with Crippen LogP contribution < -0.4 is 5.32 Å². The zero-order valence-electron chi connectivity index (χ0n) is 13.3. The Labute approximate surface area is 130 Å². The van der Waals surface area contributed by atoms with Crippen molar-refractivity contribution in [3.63, 3.8) is 0 Å². The van der Waals surface area contributed by atoms with Crippen molar-refractivity contribution in [2.24, 2.45) is 0 Å². The number of nitrogens with one attached hydrogen (secondary N) is 1. The van der Waals surface area contributed by atoms with Gasteiger partial charge >= 0.3 is 0 Å². The quantitative estimate of drug-likeness (QED) is 0.866. The molecule has 1 atom stereocenters. The van der Waals surface area contributed by atoms with E-state index in [1.165, 1.54) is 10.5 Å². The van der Waals surface area contributed by atoms with Gasteiger partial charge in [0.25, 0.3) is 5.91 Å². The Kier molecular flexibility index (Phi) is 4.96. The van der Waals surface area contributed by atoms with Gasteiger partial charge in [-0.3, -0.25) is 19.7 Å². The van der Waals surface area contributed by atoms with Crippen LogP contribution >= 0.6 is 0 Å². The minimum Gasteiger partial charge on any atom is -0.327 e. The highest BCUT2D eigenvalue weighted by Gasteiger charge is 2.33. The highest BCUT2D eigenvalue weighted by atomic mass is 16.2. The van der Waals surface area contributed by atoms with Gasteiger partial charge in [0.15, 0.2) is 0 Å². The molecule has 1 aromatic rings. The Hall–Kier alpha value is -2.17. The summed E-state index contributed by atoms with van der Waals surface area (Å²) in [5, 5.41) is 2.30. The number of carbonyl (C=O) groups excluding carboxylic acids is 3. The molecular formula is C17H22N2O3. The summed E-state index contributed by atoms with van der Waals surface area (Å²) in [6.07, 6.45) is 0.654. The average molecular weight is 302 g/mol. The zero-order valence-corrected chi connectivity index (χ0v) is 13.3. The topological polar surface area (TPSA) is 66.5 Å². The average Bonchev–Trinajstić information content (AvgIpc) is 2.50. The van der Waals surface area contributed by atoms with E-state index < -0.39 is 6.04 Å². The van der Waals surface area contributed by atoms with Gasteiger partial charge in [-0.15, -0.1) is 0 Å². The van der Waals surface area contributed by atoms with Crippen molar-refractivity contribution in [3.05, 3.63) is 35.4 Å². The normalized spacial score (nSPS) is 18.3. The third-order valence-electron chi connectivity index (χ3n) is 4.01. The number of benzene rings is 1. The summed E-state index contributed by atoms with van der Waals surface area (Å²) >= 11 is 0. The lowest BCUT2D eigenvalue weighted by molar-refractivity contribution is -0.136. The maximum Gasteiger partial charge on any atom is 0.254 e. The Morgan fingerprint density at radius 3 is 2.41 bits per heavy atom. The number of imide groups is 1. The molecule has 3 amide bonds. The summed E-state index contributed by atoms with van der Waals surface area (Å²) in [4.78, 5) is 37.4. The molecule has 0 saturated carbocycles. The smallest absolute Gasteiger partial charge is 0.254 e. The van der Waals surface area contributed by atoms with Crippen LogP contribution in [0, 0.1) is 0 Å². The monoisotopic (exact) mass is 302 g/mol. The van der Waals surface area contributed by atoms with Crippen molar-refractivity contribution in [3.8, 4) is 0 Å². The third-order valence-corrected chi connectivity index (χ3v) is 4.01. The molecule has 1 heterocycles. The Morgan fingerprint density at radius 1 is 1.27 bits per heavy atom. The highest BCUT2D eigenvalue weighted by Crippen LogP contribution is 2.18. The van der Waals surface area contributed by atoms with E-state index >= 15 is 0 Å². The van der Waals surface area contributed by atoms with Gasteiger partial charge in [0.1, 0.15) is 6.04 Å². The van der Waals surface area contributed by atoms with Crippen molar-refractivity contribution < 1.29 is 14.4 Å². The summed E-state index contributed by atoms with van der Waals surface area (Å²) in [5.41, 5.74) is 1.73.